The fourth-order valence-corrected chi connectivity index (χ4v) is 2.16. The van der Waals surface area contributed by atoms with E-state index < -0.39 is 23.9 Å². The van der Waals surface area contributed by atoms with E-state index >= 15 is 0 Å². The van der Waals surface area contributed by atoms with Crippen LogP contribution in [0.4, 0.5) is 4.79 Å². The van der Waals surface area contributed by atoms with E-state index in [0.717, 1.165) is 5.56 Å². The molecule has 0 radical (unpaired) electrons. The summed E-state index contributed by atoms with van der Waals surface area (Å²) in [6, 6.07) is 8.46. The predicted molar refractivity (Wildman–Crippen MR) is 72.6 cm³/mol. The van der Waals surface area contributed by atoms with Crippen molar-refractivity contribution in [3.63, 3.8) is 0 Å². The molecular weight excluding hydrogens is 258 g/mol. The van der Waals surface area contributed by atoms with Gasteiger partial charge in [0.05, 0.1) is 0 Å². The minimum Gasteiger partial charge on any atom is -0.334 e. The van der Waals surface area contributed by atoms with Crippen LogP contribution in [0.3, 0.4) is 0 Å². The van der Waals surface area contributed by atoms with Crippen molar-refractivity contribution >= 4 is 17.8 Å². The van der Waals surface area contributed by atoms with Crippen LogP contribution in [0.1, 0.15) is 18.9 Å². The molecule has 0 aromatic heterocycles. The van der Waals surface area contributed by atoms with Crippen LogP contribution in [0.5, 0.6) is 0 Å². The molecule has 0 spiro atoms. The molecular formula is C14H17N3O3. The summed E-state index contributed by atoms with van der Waals surface area (Å²) in [6.45, 7) is 2.07. The molecule has 1 saturated heterocycles. The van der Waals surface area contributed by atoms with Crippen molar-refractivity contribution in [1.29, 1.82) is 0 Å². The Kier molecular flexibility index (Phi) is 4.34. The number of amides is 4. The number of nitrogens with zero attached hydrogens (tertiary/aromatic N) is 1. The third kappa shape index (κ3) is 3.14. The van der Waals surface area contributed by atoms with Crippen molar-refractivity contribution < 1.29 is 14.4 Å². The van der Waals surface area contributed by atoms with Crippen LogP contribution in [-0.4, -0.2) is 35.3 Å². The minimum atomic E-state index is -0.594. The van der Waals surface area contributed by atoms with Crippen LogP contribution in [-0.2, 0) is 16.1 Å². The highest BCUT2D eigenvalue weighted by Crippen LogP contribution is 2.09. The first kappa shape index (κ1) is 14.0. The number of hydrogen-bond acceptors (Lipinski definition) is 3. The second-order valence-electron chi connectivity index (χ2n) is 4.61. The van der Waals surface area contributed by atoms with Gasteiger partial charge in [0.2, 0.25) is 11.8 Å². The molecule has 1 heterocycles. The molecule has 106 valence electrons. The number of imide groups is 1. The maximum Gasteiger partial charge on any atom is 0.318 e. The summed E-state index contributed by atoms with van der Waals surface area (Å²) < 4.78 is 0. The molecule has 2 N–H and O–H groups in total. The van der Waals surface area contributed by atoms with Gasteiger partial charge in [0, 0.05) is 6.54 Å². The van der Waals surface area contributed by atoms with E-state index in [9.17, 15) is 14.4 Å². The van der Waals surface area contributed by atoms with Crippen LogP contribution >= 0.6 is 0 Å². The number of benzene rings is 1. The van der Waals surface area contributed by atoms with E-state index in [0.29, 0.717) is 13.0 Å². The largest absolute Gasteiger partial charge is 0.334 e. The van der Waals surface area contributed by atoms with Crippen molar-refractivity contribution in [1.82, 2.24) is 15.5 Å². The Balaban J connectivity index is 1.99. The number of carbonyl (C=O) groups is 3. The van der Waals surface area contributed by atoms with Gasteiger partial charge in [-0.2, -0.15) is 0 Å². The molecule has 20 heavy (non-hydrogen) atoms. The quantitative estimate of drug-likeness (QED) is 0.794. The molecule has 0 bridgehead atoms. The lowest BCUT2D eigenvalue weighted by Crippen LogP contribution is -2.61. The van der Waals surface area contributed by atoms with Gasteiger partial charge in [0.25, 0.3) is 0 Å². The van der Waals surface area contributed by atoms with Crippen molar-refractivity contribution in [2.24, 2.45) is 0 Å². The second kappa shape index (κ2) is 6.18. The summed E-state index contributed by atoms with van der Waals surface area (Å²) in [7, 11) is 0. The molecule has 1 aromatic carbocycles. The zero-order valence-electron chi connectivity index (χ0n) is 11.3. The standard InChI is InChI=1S/C14H17N3O3/c1-2-11-13(19)16-12(18)9-17(11)14(20)15-8-10-6-4-3-5-7-10/h3-7,11H,2,8-9H2,1H3,(H,15,20)(H,16,18,19). The molecule has 6 heteroatoms. The van der Waals surface area contributed by atoms with Crippen LogP contribution in [0.25, 0.3) is 0 Å². The average molecular weight is 275 g/mol. The normalized spacial score (nSPS) is 18.6. The van der Waals surface area contributed by atoms with Gasteiger partial charge in [-0.1, -0.05) is 37.3 Å². The highest BCUT2D eigenvalue weighted by Gasteiger charge is 2.35. The van der Waals surface area contributed by atoms with Crippen molar-refractivity contribution in [2.75, 3.05) is 6.54 Å². The fraction of sp³-hybridized carbons (Fsp3) is 0.357. The predicted octanol–water partition coefficient (Wildman–Crippen LogP) is 0.633. The third-order valence-corrected chi connectivity index (χ3v) is 3.19. The molecule has 1 atom stereocenters. The number of piperazine rings is 1. The molecule has 0 aliphatic carbocycles. The van der Waals surface area contributed by atoms with Gasteiger partial charge < -0.3 is 10.2 Å². The molecule has 1 aliphatic heterocycles. The highest BCUT2D eigenvalue weighted by molar-refractivity contribution is 6.04. The number of urea groups is 1. The smallest absolute Gasteiger partial charge is 0.318 e. The zero-order valence-corrected chi connectivity index (χ0v) is 11.3. The van der Waals surface area contributed by atoms with Gasteiger partial charge in [-0.15, -0.1) is 0 Å². The number of nitrogens with one attached hydrogen (secondary N) is 2. The molecule has 2 rings (SSSR count). The molecule has 0 saturated carbocycles. The maximum atomic E-state index is 12.1. The summed E-state index contributed by atoms with van der Waals surface area (Å²) in [6.07, 6.45) is 0.470. The molecule has 1 aliphatic rings. The Morgan fingerprint density at radius 3 is 2.70 bits per heavy atom. The van der Waals surface area contributed by atoms with E-state index in [1.165, 1.54) is 4.90 Å². The fourth-order valence-electron chi connectivity index (χ4n) is 2.16. The molecule has 4 amide bonds. The summed E-state index contributed by atoms with van der Waals surface area (Å²) >= 11 is 0. The van der Waals surface area contributed by atoms with E-state index in [2.05, 4.69) is 10.6 Å². The molecule has 1 unspecified atom stereocenters. The highest BCUT2D eigenvalue weighted by atomic mass is 16.2. The SMILES string of the molecule is CCC1C(=O)NC(=O)CN1C(=O)NCc1ccccc1. The van der Waals surface area contributed by atoms with Crippen LogP contribution in [0.2, 0.25) is 0 Å². The maximum absolute atomic E-state index is 12.1. The van der Waals surface area contributed by atoms with Crippen molar-refractivity contribution in [2.45, 2.75) is 25.9 Å². The zero-order chi connectivity index (χ0) is 14.5. The Hall–Kier alpha value is -2.37. The average Bonchev–Trinajstić information content (AvgIpc) is 2.45. The van der Waals surface area contributed by atoms with E-state index in [1.54, 1.807) is 6.92 Å². The van der Waals surface area contributed by atoms with Gasteiger partial charge in [-0.05, 0) is 12.0 Å². The van der Waals surface area contributed by atoms with Gasteiger partial charge in [0.1, 0.15) is 12.6 Å². The lowest BCUT2D eigenvalue weighted by molar-refractivity contribution is -0.138. The Labute approximate surface area is 117 Å². The van der Waals surface area contributed by atoms with Crippen molar-refractivity contribution in [3.8, 4) is 0 Å². The first-order chi connectivity index (χ1) is 9.61. The van der Waals surface area contributed by atoms with Crippen LogP contribution in [0, 0.1) is 0 Å². The Morgan fingerprint density at radius 1 is 1.35 bits per heavy atom. The number of rotatable bonds is 3. The first-order valence-corrected chi connectivity index (χ1v) is 6.54. The monoisotopic (exact) mass is 275 g/mol. The van der Waals surface area contributed by atoms with Gasteiger partial charge >= 0.3 is 6.03 Å². The summed E-state index contributed by atoms with van der Waals surface area (Å²) in [4.78, 5) is 36.4. The third-order valence-electron chi connectivity index (χ3n) is 3.19. The van der Waals surface area contributed by atoms with Crippen LogP contribution in [0.15, 0.2) is 30.3 Å². The molecule has 1 fully saturated rings. The lowest BCUT2D eigenvalue weighted by atomic mass is 10.1. The lowest BCUT2D eigenvalue weighted by Gasteiger charge is -2.33. The van der Waals surface area contributed by atoms with Gasteiger partial charge in [-0.3, -0.25) is 14.9 Å². The van der Waals surface area contributed by atoms with E-state index in [-0.39, 0.29) is 6.54 Å². The minimum absolute atomic E-state index is 0.0924. The van der Waals surface area contributed by atoms with Gasteiger partial charge in [0.15, 0.2) is 0 Å². The Bertz CT molecular complexity index is 516. The molecule has 6 nitrogen and oxygen atoms in total. The van der Waals surface area contributed by atoms with E-state index in [4.69, 9.17) is 0 Å². The van der Waals surface area contributed by atoms with Crippen molar-refractivity contribution in [3.05, 3.63) is 35.9 Å². The Morgan fingerprint density at radius 2 is 2.05 bits per heavy atom. The second-order valence-corrected chi connectivity index (χ2v) is 4.61. The summed E-state index contributed by atoms with van der Waals surface area (Å²) in [5.41, 5.74) is 0.960. The van der Waals surface area contributed by atoms with Crippen LogP contribution < -0.4 is 10.6 Å². The molecule has 1 aromatic rings. The summed E-state index contributed by atoms with van der Waals surface area (Å²) in [5.74, 6) is -0.867. The number of carbonyl (C=O) groups excluding carboxylic acids is 3. The number of hydrogen-bond donors (Lipinski definition) is 2. The first-order valence-electron chi connectivity index (χ1n) is 6.54. The van der Waals surface area contributed by atoms with Gasteiger partial charge in [-0.25, -0.2) is 4.79 Å². The topological polar surface area (TPSA) is 78.5 Å². The van der Waals surface area contributed by atoms with E-state index in [1.807, 2.05) is 30.3 Å². The summed E-state index contributed by atoms with van der Waals surface area (Å²) in [5, 5.41) is 4.97.